The van der Waals surface area contributed by atoms with Crippen molar-refractivity contribution in [1.82, 2.24) is 4.90 Å². The number of likely N-dealkylation sites (tertiary alicyclic amines) is 1. The van der Waals surface area contributed by atoms with Crippen LogP contribution in [0.2, 0.25) is 0 Å². The molecule has 8 nitrogen and oxygen atoms in total. The zero-order chi connectivity index (χ0) is 23.3. The summed E-state index contributed by atoms with van der Waals surface area (Å²) in [5, 5.41) is 14.0. The molecule has 1 saturated heterocycles. The Labute approximate surface area is 190 Å². The molecule has 5 rings (SSSR count). The maximum absolute atomic E-state index is 13.4. The van der Waals surface area contributed by atoms with Crippen molar-refractivity contribution in [3.8, 4) is 0 Å². The maximum Gasteiger partial charge on any atom is 0.274 e. The fourth-order valence-electron chi connectivity index (χ4n) is 5.48. The van der Waals surface area contributed by atoms with E-state index in [1.54, 1.807) is 19.1 Å². The number of hydrogen-bond donors (Lipinski definition) is 1. The lowest BCUT2D eigenvalue weighted by molar-refractivity contribution is -0.385. The Morgan fingerprint density at radius 2 is 1.73 bits per heavy atom. The van der Waals surface area contributed by atoms with Crippen LogP contribution in [-0.4, -0.2) is 33.6 Å². The number of carbonyl (C=O) groups excluding carboxylic acids is 3. The monoisotopic (exact) mass is 445 g/mol. The molecule has 3 amide bonds. The van der Waals surface area contributed by atoms with E-state index in [0.29, 0.717) is 5.56 Å². The van der Waals surface area contributed by atoms with E-state index < -0.39 is 28.7 Å². The molecule has 1 aliphatic heterocycles. The summed E-state index contributed by atoms with van der Waals surface area (Å²) in [6.45, 7) is 1.62. The Bertz CT molecular complexity index is 1160. The van der Waals surface area contributed by atoms with Crippen LogP contribution in [0.15, 0.2) is 60.7 Å². The second kappa shape index (κ2) is 7.95. The van der Waals surface area contributed by atoms with Gasteiger partial charge in [0, 0.05) is 23.7 Å². The summed E-state index contributed by atoms with van der Waals surface area (Å²) >= 11 is 0. The lowest BCUT2D eigenvalue weighted by Gasteiger charge is -2.27. The van der Waals surface area contributed by atoms with E-state index in [-0.39, 0.29) is 41.4 Å². The van der Waals surface area contributed by atoms with Gasteiger partial charge in [-0.2, -0.15) is 0 Å². The predicted molar refractivity (Wildman–Crippen MR) is 120 cm³/mol. The molecular weight excluding hydrogens is 422 g/mol. The second-order valence-corrected chi connectivity index (χ2v) is 9.00. The largest absolute Gasteiger partial charge is 0.324 e. The number of rotatable bonds is 6. The van der Waals surface area contributed by atoms with Gasteiger partial charge < -0.3 is 5.32 Å². The minimum absolute atomic E-state index is 0.0432. The Morgan fingerprint density at radius 1 is 1.09 bits per heavy atom. The Hall–Kier alpha value is -3.81. The number of fused-ring (bicyclic) bond motifs is 5. The molecule has 8 heteroatoms. The first-order valence-electron chi connectivity index (χ1n) is 11.0. The number of carbonyl (C=O) groups is 3. The fourth-order valence-corrected chi connectivity index (χ4v) is 5.48. The van der Waals surface area contributed by atoms with Crippen molar-refractivity contribution in [2.75, 3.05) is 5.32 Å². The first-order chi connectivity index (χ1) is 15.8. The van der Waals surface area contributed by atoms with Crippen LogP contribution >= 0.6 is 0 Å². The highest BCUT2D eigenvalue weighted by Gasteiger charge is 2.61. The molecular formula is C25H23N3O5. The van der Waals surface area contributed by atoms with Crippen LogP contribution in [0.25, 0.3) is 0 Å². The summed E-state index contributed by atoms with van der Waals surface area (Å²) in [4.78, 5) is 52.1. The standard InChI is InChI=1S/C25H23N3O5/c1-14-7-10-18(13-19(14)28(32)33)26-23(29)20(11-15-5-3-2-4-6-15)27-24(30)21-16-8-9-17(12-16)22(21)25(27)31/h2-10,13,16-17,20-22H,11-12H2,1H3,(H,26,29)/t16-,17-,20+,21-,22-/m0/s1. The SMILES string of the molecule is Cc1ccc(NC(=O)[C@@H](Cc2ccccc2)N2C(=O)[C@@H]3[C@@H](C2=O)[C@H]2C=C[C@H]3C2)cc1[N+](=O)[O-]. The quantitative estimate of drug-likeness (QED) is 0.318. The third-order valence-corrected chi connectivity index (χ3v) is 7.06. The average molecular weight is 445 g/mol. The highest BCUT2D eigenvalue weighted by atomic mass is 16.6. The highest BCUT2D eigenvalue weighted by Crippen LogP contribution is 2.53. The molecule has 0 spiro atoms. The first-order valence-corrected chi connectivity index (χ1v) is 11.0. The van der Waals surface area contributed by atoms with Crippen LogP contribution in [0.4, 0.5) is 11.4 Å². The number of amides is 3. The lowest BCUT2D eigenvalue weighted by Crippen LogP contribution is -2.49. The Morgan fingerprint density at radius 3 is 2.33 bits per heavy atom. The number of hydrogen-bond acceptors (Lipinski definition) is 5. The number of nitrogens with zero attached hydrogens (tertiary/aromatic N) is 2. The fraction of sp³-hybridized carbons (Fsp3) is 0.320. The molecule has 2 aromatic rings. The molecule has 0 radical (unpaired) electrons. The van der Waals surface area contributed by atoms with Crippen molar-refractivity contribution < 1.29 is 19.3 Å². The van der Waals surface area contributed by atoms with E-state index in [4.69, 9.17) is 0 Å². The zero-order valence-corrected chi connectivity index (χ0v) is 18.0. The minimum atomic E-state index is -1.04. The molecule has 3 aliphatic rings. The molecule has 0 aromatic heterocycles. The van der Waals surface area contributed by atoms with Gasteiger partial charge in [0.25, 0.3) is 5.69 Å². The lowest BCUT2D eigenvalue weighted by atomic mass is 9.85. The van der Waals surface area contributed by atoms with Gasteiger partial charge in [-0.1, -0.05) is 48.6 Å². The summed E-state index contributed by atoms with van der Waals surface area (Å²) in [7, 11) is 0. The van der Waals surface area contributed by atoms with Gasteiger partial charge in [0.05, 0.1) is 16.8 Å². The normalized spacial score (nSPS) is 25.9. The number of nitro groups is 1. The van der Waals surface area contributed by atoms with Crippen molar-refractivity contribution in [3.63, 3.8) is 0 Å². The van der Waals surface area contributed by atoms with Crippen molar-refractivity contribution in [1.29, 1.82) is 0 Å². The van der Waals surface area contributed by atoms with Gasteiger partial charge in [-0.3, -0.25) is 29.4 Å². The number of allylic oxidation sites excluding steroid dienone is 2. The molecule has 168 valence electrons. The van der Waals surface area contributed by atoms with Crippen LogP contribution in [0.3, 0.4) is 0 Å². The predicted octanol–water partition coefficient (Wildman–Crippen LogP) is 3.26. The van der Waals surface area contributed by atoms with E-state index in [2.05, 4.69) is 5.32 Å². The number of anilines is 1. The molecule has 2 fully saturated rings. The van der Waals surface area contributed by atoms with Crippen LogP contribution in [0, 0.1) is 40.7 Å². The van der Waals surface area contributed by atoms with Gasteiger partial charge in [-0.25, -0.2) is 0 Å². The summed E-state index contributed by atoms with van der Waals surface area (Å²) in [5.74, 6) is -1.86. The molecule has 1 heterocycles. The maximum atomic E-state index is 13.4. The highest BCUT2D eigenvalue weighted by molar-refractivity contribution is 6.11. The molecule has 2 aromatic carbocycles. The number of nitro benzene ring substituents is 1. The molecule has 2 bridgehead atoms. The van der Waals surface area contributed by atoms with Crippen LogP contribution in [0.1, 0.15) is 17.5 Å². The first kappa shape index (κ1) is 21.1. The zero-order valence-electron chi connectivity index (χ0n) is 18.0. The minimum Gasteiger partial charge on any atom is -0.324 e. The van der Waals surface area contributed by atoms with Gasteiger partial charge >= 0.3 is 0 Å². The van der Waals surface area contributed by atoms with Crippen molar-refractivity contribution in [2.45, 2.75) is 25.8 Å². The van der Waals surface area contributed by atoms with E-state index in [1.165, 1.54) is 6.07 Å². The van der Waals surface area contributed by atoms with Gasteiger partial charge in [0.1, 0.15) is 6.04 Å². The molecule has 33 heavy (non-hydrogen) atoms. The molecule has 5 atom stereocenters. The third kappa shape index (κ3) is 3.51. The third-order valence-electron chi connectivity index (χ3n) is 7.06. The van der Waals surface area contributed by atoms with E-state index >= 15 is 0 Å². The van der Waals surface area contributed by atoms with Crippen LogP contribution in [0.5, 0.6) is 0 Å². The summed E-state index contributed by atoms with van der Waals surface area (Å²) in [6, 6.07) is 12.6. The van der Waals surface area contributed by atoms with E-state index in [9.17, 15) is 24.5 Å². The summed E-state index contributed by atoms with van der Waals surface area (Å²) in [5.41, 5.74) is 1.42. The number of aryl methyl sites for hydroxylation is 1. The number of nitrogens with one attached hydrogen (secondary N) is 1. The average Bonchev–Trinajstić information content (AvgIpc) is 3.48. The molecule has 1 N–H and O–H groups in total. The Kier molecular flexibility index (Phi) is 5.08. The molecule has 2 aliphatic carbocycles. The smallest absolute Gasteiger partial charge is 0.274 e. The van der Waals surface area contributed by atoms with Crippen LogP contribution < -0.4 is 5.32 Å². The number of benzene rings is 2. The summed E-state index contributed by atoms with van der Waals surface area (Å²) < 4.78 is 0. The van der Waals surface area contributed by atoms with Gasteiger partial charge in [-0.15, -0.1) is 0 Å². The van der Waals surface area contributed by atoms with Crippen molar-refractivity contribution in [3.05, 3.63) is 81.9 Å². The van der Waals surface area contributed by atoms with Gasteiger partial charge in [0.2, 0.25) is 17.7 Å². The van der Waals surface area contributed by atoms with E-state index in [0.717, 1.165) is 16.9 Å². The van der Waals surface area contributed by atoms with Gasteiger partial charge in [0.15, 0.2) is 0 Å². The van der Waals surface area contributed by atoms with E-state index in [1.807, 2.05) is 42.5 Å². The van der Waals surface area contributed by atoms with Gasteiger partial charge in [-0.05, 0) is 36.8 Å². The molecule has 1 saturated carbocycles. The van der Waals surface area contributed by atoms with Crippen LogP contribution in [-0.2, 0) is 20.8 Å². The topological polar surface area (TPSA) is 110 Å². The number of imide groups is 1. The second-order valence-electron chi connectivity index (χ2n) is 9.00. The summed E-state index contributed by atoms with van der Waals surface area (Å²) in [6.07, 6.45) is 5.00. The Balaban J connectivity index is 1.46. The van der Waals surface area contributed by atoms with Crippen molar-refractivity contribution in [2.24, 2.45) is 23.7 Å². The molecule has 0 unspecified atom stereocenters. The van der Waals surface area contributed by atoms with Crippen molar-refractivity contribution >= 4 is 29.1 Å².